The number of anilines is 1. The Labute approximate surface area is 117 Å². The molecule has 7 nitrogen and oxygen atoms in total. The molecular weight excluding hydrogens is 284 g/mol. The van der Waals surface area contributed by atoms with Crippen molar-refractivity contribution < 1.29 is 18.3 Å². The van der Waals surface area contributed by atoms with E-state index in [2.05, 4.69) is 20.1 Å². The molecule has 1 aromatic carbocycles. The van der Waals surface area contributed by atoms with E-state index in [0.29, 0.717) is 0 Å². The maximum atomic E-state index is 12.2. The molecule has 1 aromatic heterocycles. The van der Waals surface area contributed by atoms with E-state index in [1.165, 1.54) is 24.5 Å². The van der Waals surface area contributed by atoms with E-state index in [9.17, 15) is 13.6 Å². The van der Waals surface area contributed by atoms with Gasteiger partial charge in [-0.1, -0.05) is 12.1 Å². The molecule has 0 aliphatic rings. The quantitative estimate of drug-likeness (QED) is 0.899. The van der Waals surface area contributed by atoms with Gasteiger partial charge < -0.3 is 10.1 Å². The van der Waals surface area contributed by atoms with Crippen molar-refractivity contribution in [2.75, 3.05) is 5.32 Å². The molecule has 0 fully saturated rings. The number of aromatic nitrogens is 3. The fourth-order valence-corrected chi connectivity index (χ4v) is 1.53. The zero-order valence-electron chi connectivity index (χ0n) is 10.5. The Balaban J connectivity index is 2.04. The van der Waals surface area contributed by atoms with Gasteiger partial charge in [0, 0.05) is 0 Å². The lowest BCUT2D eigenvalue weighted by molar-refractivity contribution is -0.117. The number of carbonyl (C=O) groups excluding carboxylic acids is 1. The summed E-state index contributed by atoms with van der Waals surface area (Å²) in [6.45, 7) is -3.20. The normalized spacial score (nSPS) is 10.2. The first-order chi connectivity index (χ1) is 10.1. The molecule has 0 spiro atoms. The molecule has 0 radical (unpaired) electrons. The van der Waals surface area contributed by atoms with E-state index in [-0.39, 0.29) is 23.8 Å². The van der Waals surface area contributed by atoms with Crippen LogP contribution in [0.1, 0.15) is 5.82 Å². The van der Waals surface area contributed by atoms with Crippen molar-refractivity contribution in [3.8, 4) is 11.8 Å². The number of nitrogens with zero attached hydrogens (tertiary/aromatic N) is 4. The lowest BCUT2D eigenvalue weighted by Crippen LogP contribution is -2.20. The Morgan fingerprint density at radius 2 is 2.24 bits per heavy atom. The molecule has 9 heteroatoms. The number of amides is 1. The number of halogens is 2. The number of ether oxygens (including phenoxy) is 1. The fraction of sp³-hybridized carbons (Fsp3) is 0.167. The van der Waals surface area contributed by atoms with Crippen LogP contribution in [0.5, 0.6) is 5.75 Å². The molecular formula is C12H9F2N5O2. The molecule has 0 aliphatic carbocycles. The average molecular weight is 293 g/mol. The number of nitriles is 1. The van der Waals surface area contributed by atoms with Crippen molar-refractivity contribution in [1.82, 2.24) is 14.8 Å². The standard InChI is InChI=1S/C12H9F2N5O2/c13-12(14)21-9-4-2-1-3-8(9)17-11(20)6-19-7-16-10(5-15)18-19/h1-4,7,12H,6H2,(H,17,20). The van der Waals surface area contributed by atoms with Crippen molar-refractivity contribution in [3.05, 3.63) is 36.4 Å². The summed E-state index contributed by atoms with van der Waals surface area (Å²) < 4.78 is 29.9. The van der Waals surface area contributed by atoms with Gasteiger partial charge in [-0.2, -0.15) is 14.0 Å². The van der Waals surface area contributed by atoms with Crippen molar-refractivity contribution in [3.63, 3.8) is 0 Å². The van der Waals surface area contributed by atoms with Gasteiger partial charge in [0.15, 0.2) is 0 Å². The number of benzene rings is 1. The monoisotopic (exact) mass is 293 g/mol. The Bertz CT molecular complexity index is 680. The van der Waals surface area contributed by atoms with Gasteiger partial charge in [0.25, 0.3) is 5.82 Å². The molecule has 1 amide bonds. The highest BCUT2D eigenvalue weighted by molar-refractivity contribution is 5.92. The molecule has 0 bridgehead atoms. The molecule has 0 saturated heterocycles. The van der Waals surface area contributed by atoms with Gasteiger partial charge in [0.1, 0.15) is 24.7 Å². The summed E-state index contributed by atoms with van der Waals surface area (Å²) >= 11 is 0. The zero-order chi connectivity index (χ0) is 15.2. The molecule has 1 N–H and O–H groups in total. The van der Waals surface area contributed by atoms with Gasteiger partial charge in [-0.3, -0.25) is 4.79 Å². The van der Waals surface area contributed by atoms with E-state index in [0.717, 1.165) is 4.68 Å². The van der Waals surface area contributed by atoms with Gasteiger partial charge >= 0.3 is 6.61 Å². The molecule has 21 heavy (non-hydrogen) atoms. The number of rotatable bonds is 5. The van der Waals surface area contributed by atoms with Gasteiger partial charge in [-0.15, -0.1) is 5.10 Å². The zero-order valence-corrected chi connectivity index (χ0v) is 10.5. The summed E-state index contributed by atoms with van der Waals surface area (Å²) in [6.07, 6.45) is 1.22. The Morgan fingerprint density at radius 1 is 1.48 bits per heavy atom. The van der Waals surface area contributed by atoms with Crippen molar-refractivity contribution in [2.45, 2.75) is 13.2 Å². The first kappa shape index (κ1) is 14.4. The van der Waals surface area contributed by atoms with Gasteiger partial charge in [0.05, 0.1) is 5.69 Å². The Kier molecular flexibility index (Phi) is 4.40. The molecule has 0 aliphatic heterocycles. The minimum atomic E-state index is -2.99. The summed E-state index contributed by atoms with van der Waals surface area (Å²) in [5.41, 5.74) is 0.114. The van der Waals surface area contributed by atoms with E-state index in [1.54, 1.807) is 12.1 Å². The smallest absolute Gasteiger partial charge is 0.387 e. The van der Waals surface area contributed by atoms with Gasteiger partial charge in [-0.05, 0) is 12.1 Å². The fourth-order valence-electron chi connectivity index (χ4n) is 1.53. The van der Waals surface area contributed by atoms with Crippen LogP contribution in [0.3, 0.4) is 0 Å². The van der Waals surface area contributed by atoms with Crippen molar-refractivity contribution in [1.29, 1.82) is 5.26 Å². The summed E-state index contributed by atoms with van der Waals surface area (Å²) in [5.74, 6) is -0.726. The Hall–Kier alpha value is -3.02. The molecule has 0 unspecified atom stereocenters. The van der Waals surface area contributed by atoms with Crippen molar-refractivity contribution in [2.24, 2.45) is 0 Å². The molecule has 0 saturated carbocycles. The highest BCUT2D eigenvalue weighted by atomic mass is 19.3. The number of nitrogens with one attached hydrogen (secondary N) is 1. The largest absolute Gasteiger partial charge is 0.433 e. The second kappa shape index (κ2) is 6.42. The number of carbonyl (C=O) groups is 1. The number of para-hydroxylation sites is 2. The van der Waals surface area contributed by atoms with E-state index < -0.39 is 12.5 Å². The first-order valence-corrected chi connectivity index (χ1v) is 5.71. The summed E-state index contributed by atoms with van der Waals surface area (Å²) in [4.78, 5) is 15.4. The molecule has 1 heterocycles. The minimum absolute atomic E-state index is 0.0655. The lowest BCUT2D eigenvalue weighted by Gasteiger charge is -2.11. The highest BCUT2D eigenvalue weighted by Crippen LogP contribution is 2.25. The topological polar surface area (TPSA) is 92.8 Å². The van der Waals surface area contributed by atoms with Gasteiger partial charge in [-0.25, -0.2) is 9.67 Å². The number of hydrogen-bond acceptors (Lipinski definition) is 5. The number of hydrogen-bond donors (Lipinski definition) is 1. The third kappa shape index (κ3) is 3.97. The predicted octanol–water partition coefficient (Wildman–Crippen LogP) is 1.39. The molecule has 2 aromatic rings. The second-order valence-corrected chi connectivity index (χ2v) is 3.80. The van der Waals surface area contributed by atoms with Crippen LogP contribution >= 0.6 is 0 Å². The maximum absolute atomic E-state index is 12.2. The third-order valence-corrected chi connectivity index (χ3v) is 2.32. The highest BCUT2D eigenvalue weighted by Gasteiger charge is 2.12. The summed E-state index contributed by atoms with van der Waals surface area (Å²) in [5, 5.41) is 14.7. The average Bonchev–Trinajstić information content (AvgIpc) is 2.88. The van der Waals surface area contributed by atoms with Crippen molar-refractivity contribution >= 4 is 11.6 Å². The first-order valence-electron chi connectivity index (χ1n) is 5.71. The third-order valence-electron chi connectivity index (χ3n) is 2.32. The van der Waals surface area contributed by atoms with Gasteiger partial charge in [0.2, 0.25) is 5.91 Å². The van der Waals surface area contributed by atoms with Crippen LogP contribution in [-0.2, 0) is 11.3 Å². The minimum Gasteiger partial charge on any atom is -0.433 e. The Morgan fingerprint density at radius 3 is 2.90 bits per heavy atom. The predicted molar refractivity (Wildman–Crippen MR) is 66.4 cm³/mol. The maximum Gasteiger partial charge on any atom is 0.387 e. The molecule has 0 atom stereocenters. The van der Waals surface area contributed by atoms with Crippen LogP contribution in [0.4, 0.5) is 14.5 Å². The summed E-state index contributed by atoms with van der Waals surface area (Å²) in [7, 11) is 0. The number of alkyl halides is 2. The van der Waals surface area contributed by atoms with Crippen LogP contribution in [0.15, 0.2) is 30.6 Å². The van der Waals surface area contributed by atoms with Crippen LogP contribution in [0, 0.1) is 11.3 Å². The van der Waals surface area contributed by atoms with E-state index in [1.807, 2.05) is 0 Å². The second-order valence-electron chi connectivity index (χ2n) is 3.80. The van der Waals surface area contributed by atoms with Crippen LogP contribution < -0.4 is 10.1 Å². The van der Waals surface area contributed by atoms with Crippen LogP contribution in [-0.4, -0.2) is 27.3 Å². The molecule has 2 rings (SSSR count). The van der Waals surface area contributed by atoms with E-state index in [4.69, 9.17) is 5.26 Å². The SMILES string of the molecule is N#Cc1ncn(CC(=O)Nc2ccccc2OC(F)F)n1. The van der Waals surface area contributed by atoms with Crippen LogP contribution in [0.2, 0.25) is 0 Å². The van der Waals surface area contributed by atoms with Crippen LogP contribution in [0.25, 0.3) is 0 Å². The van der Waals surface area contributed by atoms with E-state index >= 15 is 0 Å². The lowest BCUT2D eigenvalue weighted by atomic mass is 10.3. The molecule has 108 valence electrons. The summed E-state index contributed by atoms with van der Waals surface area (Å²) in [6, 6.07) is 7.53.